The van der Waals surface area contributed by atoms with Gasteiger partial charge in [0.25, 0.3) is 5.91 Å². The van der Waals surface area contributed by atoms with Crippen LogP contribution in [0.1, 0.15) is 36.0 Å². The van der Waals surface area contributed by atoms with Gasteiger partial charge in [0.15, 0.2) is 0 Å². The minimum atomic E-state index is -0.232. The summed E-state index contributed by atoms with van der Waals surface area (Å²) in [7, 11) is 1.59. The molecule has 3 amide bonds. The van der Waals surface area contributed by atoms with E-state index in [0.29, 0.717) is 23.5 Å². The largest absolute Gasteiger partial charge is 0.497 e. The van der Waals surface area contributed by atoms with Gasteiger partial charge >= 0.3 is 0 Å². The Balaban J connectivity index is 1.31. The number of benzene rings is 2. The van der Waals surface area contributed by atoms with E-state index in [2.05, 4.69) is 10.6 Å². The van der Waals surface area contributed by atoms with Crippen molar-refractivity contribution < 1.29 is 19.1 Å². The highest BCUT2D eigenvalue weighted by molar-refractivity contribution is 6.04. The van der Waals surface area contributed by atoms with E-state index in [1.165, 1.54) is 0 Å². The van der Waals surface area contributed by atoms with Gasteiger partial charge in [0, 0.05) is 35.9 Å². The van der Waals surface area contributed by atoms with Crippen molar-refractivity contribution in [2.24, 2.45) is 11.8 Å². The second kappa shape index (κ2) is 9.20. The van der Waals surface area contributed by atoms with Gasteiger partial charge in [-0.2, -0.15) is 0 Å². The Bertz CT molecular complexity index is 952. The van der Waals surface area contributed by atoms with E-state index in [9.17, 15) is 14.4 Å². The molecule has 2 aromatic rings. The molecule has 2 aromatic carbocycles. The molecular formula is C24H27N3O4. The summed E-state index contributed by atoms with van der Waals surface area (Å²) >= 11 is 0. The van der Waals surface area contributed by atoms with E-state index >= 15 is 0 Å². The molecule has 1 saturated heterocycles. The first-order valence-corrected chi connectivity index (χ1v) is 10.7. The average Bonchev–Trinajstić information content (AvgIpc) is 3.65. The Labute approximate surface area is 181 Å². The SMILES string of the molecule is COc1ccc(NC(=O)c2ccc(NC(=O)C3CCCN(C(=O)C4CC4)C3)cc2)cc1. The number of likely N-dealkylation sites (tertiary alicyclic amines) is 1. The number of carbonyl (C=O) groups is 3. The minimum Gasteiger partial charge on any atom is -0.497 e. The smallest absolute Gasteiger partial charge is 0.255 e. The van der Waals surface area contributed by atoms with Crippen LogP contribution in [0.2, 0.25) is 0 Å². The van der Waals surface area contributed by atoms with Crippen LogP contribution >= 0.6 is 0 Å². The molecule has 7 heteroatoms. The van der Waals surface area contributed by atoms with Crippen molar-refractivity contribution in [1.29, 1.82) is 0 Å². The number of amides is 3. The summed E-state index contributed by atoms with van der Waals surface area (Å²) in [5, 5.41) is 5.75. The third-order valence-corrected chi connectivity index (χ3v) is 5.79. The summed E-state index contributed by atoms with van der Waals surface area (Å²) < 4.78 is 5.11. The molecule has 2 fully saturated rings. The molecule has 1 atom stereocenters. The Kier molecular flexibility index (Phi) is 6.21. The van der Waals surface area contributed by atoms with Crippen LogP contribution in [0.3, 0.4) is 0 Å². The molecule has 162 valence electrons. The summed E-state index contributed by atoms with van der Waals surface area (Å²) in [5.41, 5.74) is 1.80. The van der Waals surface area contributed by atoms with Gasteiger partial charge in [0.05, 0.1) is 13.0 Å². The van der Waals surface area contributed by atoms with Crippen LogP contribution < -0.4 is 15.4 Å². The molecule has 1 saturated carbocycles. The van der Waals surface area contributed by atoms with Crippen molar-refractivity contribution in [3.63, 3.8) is 0 Å². The van der Waals surface area contributed by atoms with Gasteiger partial charge in [-0.15, -0.1) is 0 Å². The standard InChI is InChI=1S/C24H27N3O4/c1-31-21-12-10-20(11-13-21)25-22(28)16-6-8-19(9-7-16)26-23(29)18-3-2-14-27(15-18)24(30)17-4-5-17/h6-13,17-18H,2-5,14-15H2,1H3,(H,25,28)(H,26,29). The highest BCUT2D eigenvalue weighted by Gasteiger charge is 2.36. The zero-order valence-electron chi connectivity index (χ0n) is 17.6. The molecule has 1 unspecified atom stereocenters. The first-order valence-electron chi connectivity index (χ1n) is 10.7. The fraction of sp³-hybridized carbons (Fsp3) is 0.375. The Morgan fingerprint density at radius 2 is 1.52 bits per heavy atom. The van der Waals surface area contributed by atoms with Crippen molar-refractivity contribution in [2.45, 2.75) is 25.7 Å². The monoisotopic (exact) mass is 421 g/mol. The minimum absolute atomic E-state index is 0.0799. The molecule has 4 rings (SSSR count). The predicted octanol–water partition coefficient (Wildman–Crippen LogP) is 3.53. The Hall–Kier alpha value is -3.35. The highest BCUT2D eigenvalue weighted by atomic mass is 16.5. The predicted molar refractivity (Wildman–Crippen MR) is 118 cm³/mol. The summed E-state index contributed by atoms with van der Waals surface area (Å²) in [6, 6.07) is 13.9. The van der Waals surface area contributed by atoms with Crippen LogP contribution in [0.15, 0.2) is 48.5 Å². The molecule has 31 heavy (non-hydrogen) atoms. The van der Waals surface area contributed by atoms with E-state index < -0.39 is 0 Å². The molecule has 0 bridgehead atoms. The maximum absolute atomic E-state index is 12.7. The number of anilines is 2. The number of nitrogens with zero attached hydrogens (tertiary/aromatic N) is 1. The Morgan fingerprint density at radius 1 is 0.871 bits per heavy atom. The molecule has 1 heterocycles. The van der Waals surface area contributed by atoms with Gasteiger partial charge in [-0.3, -0.25) is 14.4 Å². The normalized spacial score (nSPS) is 18.2. The second-order valence-corrected chi connectivity index (χ2v) is 8.15. The van der Waals surface area contributed by atoms with Crippen molar-refractivity contribution in [1.82, 2.24) is 4.90 Å². The van der Waals surface area contributed by atoms with Gasteiger partial charge in [0.1, 0.15) is 5.75 Å². The fourth-order valence-electron chi connectivity index (χ4n) is 3.81. The van der Waals surface area contributed by atoms with E-state index in [-0.39, 0.29) is 29.6 Å². The number of rotatable bonds is 6. The van der Waals surface area contributed by atoms with Gasteiger partial charge in [-0.25, -0.2) is 0 Å². The Morgan fingerprint density at radius 3 is 2.16 bits per heavy atom. The van der Waals surface area contributed by atoms with E-state index in [4.69, 9.17) is 4.74 Å². The van der Waals surface area contributed by atoms with Crippen molar-refractivity contribution in [3.05, 3.63) is 54.1 Å². The lowest BCUT2D eigenvalue weighted by Crippen LogP contribution is -2.44. The van der Waals surface area contributed by atoms with Crippen molar-refractivity contribution in [3.8, 4) is 5.75 Å². The number of carbonyl (C=O) groups excluding carboxylic acids is 3. The zero-order chi connectivity index (χ0) is 21.8. The zero-order valence-corrected chi connectivity index (χ0v) is 17.6. The first kappa shape index (κ1) is 20.9. The lowest BCUT2D eigenvalue weighted by molar-refractivity contribution is -0.135. The summed E-state index contributed by atoms with van der Waals surface area (Å²) in [4.78, 5) is 39.3. The fourth-order valence-corrected chi connectivity index (χ4v) is 3.81. The summed E-state index contributed by atoms with van der Waals surface area (Å²) in [5.74, 6) is 0.585. The lowest BCUT2D eigenvalue weighted by atomic mass is 9.96. The number of methoxy groups -OCH3 is 1. The van der Waals surface area contributed by atoms with Crippen LogP contribution in [-0.4, -0.2) is 42.8 Å². The molecule has 2 N–H and O–H groups in total. The van der Waals surface area contributed by atoms with E-state index in [0.717, 1.165) is 38.0 Å². The van der Waals surface area contributed by atoms with Crippen LogP contribution in [0.5, 0.6) is 5.75 Å². The van der Waals surface area contributed by atoms with E-state index in [1.807, 2.05) is 4.90 Å². The maximum Gasteiger partial charge on any atom is 0.255 e. The first-order chi connectivity index (χ1) is 15.0. The molecule has 0 aromatic heterocycles. The third-order valence-electron chi connectivity index (χ3n) is 5.79. The van der Waals surface area contributed by atoms with Gasteiger partial charge in [0.2, 0.25) is 11.8 Å². The number of piperidine rings is 1. The molecular weight excluding hydrogens is 394 g/mol. The van der Waals surface area contributed by atoms with Gasteiger partial charge < -0.3 is 20.3 Å². The van der Waals surface area contributed by atoms with Gasteiger partial charge in [-0.1, -0.05) is 0 Å². The maximum atomic E-state index is 12.7. The number of hydrogen-bond acceptors (Lipinski definition) is 4. The van der Waals surface area contributed by atoms with Crippen LogP contribution in [0, 0.1) is 11.8 Å². The summed E-state index contributed by atoms with van der Waals surface area (Å²) in [6.07, 6.45) is 3.58. The molecule has 2 aliphatic rings. The van der Waals surface area contributed by atoms with E-state index in [1.54, 1.807) is 55.6 Å². The lowest BCUT2D eigenvalue weighted by Gasteiger charge is -2.32. The average molecular weight is 421 g/mol. The number of nitrogens with one attached hydrogen (secondary N) is 2. The van der Waals surface area contributed by atoms with Crippen LogP contribution in [0.25, 0.3) is 0 Å². The molecule has 0 radical (unpaired) electrons. The van der Waals surface area contributed by atoms with Crippen LogP contribution in [0.4, 0.5) is 11.4 Å². The molecule has 7 nitrogen and oxygen atoms in total. The number of ether oxygens (including phenoxy) is 1. The summed E-state index contributed by atoms with van der Waals surface area (Å²) in [6.45, 7) is 1.24. The molecule has 1 aliphatic heterocycles. The quantitative estimate of drug-likeness (QED) is 0.747. The van der Waals surface area contributed by atoms with Crippen molar-refractivity contribution >= 4 is 29.1 Å². The topological polar surface area (TPSA) is 87.7 Å². The second-order valence-electron chi connectivity index (χ2n) is 8.15. The molecule has 1 aliphatic carbocycles. The third kappa shape index (κ3) is 5.23. The highest BCUT2D eigenvalue weighted by Crippen LogP contribution is 2.32. The van der Waals surface area contributed by atoms with Crippen molar-refractivity contribution in [2.75, 3.05) is 30.8 Å². The van der Waals surface area contributed by atoms with Crippen LogP contribution in [-0.2, 0) is 9.59 Å². The number of hydrogen-bond donors (Lipinski definition) is 2. The molecule has 0 spiro atoms. The van der Waals surface area contributed by atoms with Gasteiger partial charge in [-0.05, 0) is 74.2 Å².